The van der Waals surface area contributed by atoms with Crippen LogP contribution in [-0.4, -0.2) is 23.3 Å². The van der Waals surface area contributed by atoms with E-state index in [1.165, 1.54) is 49.8 Å². The molecule has 0 aromatic rings. The average molecular weight is 219 g/mol. The fourth-order valence-electron chi connectivity index (χ4n) is 1.20. The van der Waals surface area contributed by atoms with Gasteiger partial charge in [0.15, 0.2) is 0 Å². The number of hydrogen-bond donors (Lipinski definition) is 1. The van der Waals surface area contributed by atoms with Crippen LogP contribution in [0.2, 0.25) is 0 Å². The number of unbranched alkanes of at least 4 members (excludes halogenated alkanes) is 5. The molecule has 0 heterocycles. The Bertz CT molecular complexity index is 107. The summed E-state index contributed by atoms with van der Waals surface area (Å²) >= 11 is 3.57. The van der Waals surface area contributed by atoms with Crippen molar-refractivity contribution in [1.82, 2.24) is 0 Å². The van der Waals surface area contributed by atoms with E-state index in [0.29, 0.717) is 0 Å². The molecule has 3 heteroatoms. The van der Waals surface area contributed by atoms with Gasteiger partial charge in [0.05, 0.1) is 5.55 Å². The first-order valence-corrected chi connectivity index (χ1v) is 7.45. The Balaban J connectivity index is 2.79. The zero-order valence-corrected chi connectivity index (χ0v) is 10.2. The van der Waals surface area contributed by atoms with Crippen molar-refractivity contribution >= 4 is 29.1 Å². The standard InChI is InChI=1S/C10H21NS2/c1-12-8-6-4-2-3-5-7-9-13-10-11/h10-11H,2-9H2,1H3. The lowest BCUT2D eigenvalue weighted by atomic mass is 10.1. The Morgan fingerprint density at radius 1 is 0.923 bits per heavy atom. The van der Waals surface area contributed by atoms with Crippen molar-refractivity contribution in [1.29, 1.82) is 5.41 Å². The normalized spacial score (nSPS) is 10.2. The minimum Gasteiger partial charge on any atom is -0.302 e. The van der Waals surface area contributed by atoms with Crippen LogP contribution in [0.4, 0.5) is 0 Å². The highest BCUT2D eigenvalue weighted by Gasteiger charge is 1.90. The number of thioether (sulfide) groups is 2. The van der Waals surface area contributed by atoms with Crippen molar-refractivity contribution in [2.45, 2.75) is 38.5 Å². The minimum atomic E-state index is 1.13. The van der Waals surface area contributed by atoms with Crippen molar-refractivity contribution < 1.29 is 0 Å². The van der Waals surface area contributed by atoms with Gasteiger partial charge in [-0.3, -0.25) is 0 Å². The molecule has 0 atom stereocenters. The Morgan fingerprint density at radius 3 is 2.00 bits per heavy atom. The zero-order chi connectivity index (χ0) is 9.78. The smallest absolute Gasteiger partial charge is 0.0506 e. The predicted molar refractivity (Wildman–Crippen MR) is 67.3 cm³/mol. The molecule has 0 spiro atoms. The Labute approximate surface area is 91.0 Å². The summed E-state index contributed by atoms with van der Waals surface area (Å²) in [5.74, 6) is 2.46. The van der Waals surface area contributed by atoms with Gasteiger partial charge in [-0.25, -0.2) is 0 Å². The molecule has 0 aliphatic rings. The molecule has 0 bridgehead atoms. The maximum absolute atomic E-state index is 6.83. The van der Waals surface area contributed by atoms with Crippen LogP contribution in [0.1, 0.15) is 38.5 Å². The lowest BCUT2D eigenvalue weighted by Gasteiger charge is -1.99. The van der Waals surface area contributed by atoms with Crippen LogP contribution in [0.5, 0.6) is 0 Å². The average Bonchev–Trinajstić information content (AvgIpc) is 2.16. The van der Waals surface area contributed by atoms with Gasteiger partial charge in [-0.2, -0.15) is 11.8 Å². The van der Waals surface area contributed by atoms with Gasteiger partial charge in [0, 0.05) is 0 Å². The second-order valence-electron chi connectivity index (χ2n) is 3.10. The molecule has 1 N–H and O–H groups in total. The van der Waals surface area contributed by atoms with E-state index in [1.54, 1.807) is 11.8 Å². The summed E-state index contributed by atoms with van der Waals surface area (Å²) in [6.07, 6.45) is 10.4. The van der Waals surface area contributed by atoms with Gasteiger partial charge < -0.3 is 5.41 Å². The van der Waals surface area contributed by atoms with Gasteiger partial charge in [-0.05, 0) is 30.6 Å². The third kappa shape index (κ3) is 12.4. The topological polar surface area (TPSA) is 23.9 Å². The number of hydrogen-bond acceptors (Lipinski definition) is 3. The molecule has 0 saturated carbocycles. The van der Waals surface area contributed by atoms with E-state index < -0.39 is 0 Å². The fraction of sp³-hybridized carbons (Fsp3) is 0.900. The first kappa shape index (κ1) is 13.4. The molecule has 0 aromatic carbocycles. The summed E-state index contributed by atoms with van der Waals surface area (Å²) in [7, 11) is 0. The highest BCUT2D eigenvalue weighted by molar-refractivity contribution is 8.11. The van der Waals surface area contributed by atoms with Crippen LogP contribution in [-0.2, 0) is 0 Å². The van der Waals surface area contributed by atoms with Crippen LogP contribution in [0.15, 0.2) is 0 Å². The molecule has 0 unspecified atom stereocenters. The van der Waals surface area contributed by atoms with Crippen LogP contribution in [0.3, 0.4) is 0 Å². The molecule has 0 aliphatic carbocycles. The van der Waals surface area contributed by atoms with Gasteiger partial charge in [-0.1, -0.05) is 25.7 Å². The fourth-order valence-corrected chi connectivity index (χ4v) is 2.18. The third-order valence-electron chi connectivity index (χ3n) is 1.94. The molecule has 0 amide bonds. The summed E-state index contributed by atoms with van der Waals surface area (Å²) in [4.78, 5) is 0. The first-order chi connectivity index (χ1) is 6.41. The van der Waals surface area contributed by atoms with E-state index in [9.17, 15) is 0 Å². The van der Waals surface area contributed by atoms with Crippen LogP contribution >= 0.6 is 23.5 Å². The van der Waals surface area contributed by atoms with E-state index in [0.717, 1.165) is 5.75 Å². The lowest BCUT2D eigenvalue weighted by molar-refractivity contribution is 0.629. The van der Waals surface area contributed by atoms with Gasteiger partial charge in [0.25, 0.3) is 0 Å². The molecule has 0 fully saturated rings. The molecule has 0 saturated heterocycles. The van der Waals surface area contributed by atoms with Crippen molar-refractivity contribution in [2.24, 2.45) is 0 Å². The summed E-state index contributed by atoms with van der Waals surface area (Å²) in [5.41, 5.74) is 1.44. The molecular formula is C10H21NS2. The second kappa shape index (κ2) is 12.4. The quantitative estimate of drug-likeness (QED) is 0.341. The molecule has 0 rings (SSSR count). The molecule has 13 heavy (non-hydrogen) atoms. The largest absolute Gasteiger partial charge is 0.302 e. The SMILES string of the molecule is CSCCCCCCCCSC=N. The van der Waals surface area contributed by atoms with Gasteiger partial charge in [0.1, 0.15) is 0 Å². The highest BCUT2D eigenvalue weighted by atomic mass is 32.2. The Kier molecular flexibility index (Phi) is 12.7. The molecule has 0 aliphatic heterocycles. The van der Waals surface area contributed by atoms with Crippen LogP contribution in [0.25, 0.3) is 0 Å². The summed E-state index contributed by atoms with van der Waals surface area (Å²) in [6.45, 7) is 0. The monoisotopic (exact) mass is 219 g/mol. The molecular weight excluding hydrogens is 198 g/mol. The van der Waals surface area contributed by atoms with E-state index in [1.807, 2.05) is 11.8 Å². The Hall–Kier alpha value is 0.370. The number of nitrogens with one attached hydrogen (secondary N) is 1. The van der Waals surface area contributed by atoms with Crippen LogP contribution in [0, 0.1) is 5.41 Å². The molecule has 1 nitrogen and oxygen atoms in total. The Morgan fingerprint density at radius 2 is 1.46 bits per heavy atom. The van der Waals surface area contributed by atoms with Gasteiger partial charge in [0.2, 0.25) is 0 Å². The van der Waals surface area contributed by atoms with Crippen molar-refractivity contribution in [2.75, 3.05) is 17.8 Å². The third-order valence-corrected chi connectivity index (χ3v) is 3.33. The maximum Gasteiger partial charge on any atom is 0.0506 e. The van der Waals surface area contributed by atoms with Gasteiger partial charge >= 0.3 is 0 Å². The van der Waals surface area contributed by atoms with E-state index in [2.05, 4.69) is 6.26 Å². The molecule has 78 valence electrons. The zero-order valence-electron chi connectivity index (χ0n) is 8.55. The van der Waals surface area contributed by atoms with E-state index >= 15 is 0 Å². The van der Waals surface area contributed by atoms with Crippen molar-refractivity contribution in [3.05, 3.63) is 0 Å². The molecule has 0 aromatic heterocycles. The molecule has 0 radical (unpaired) electrons. The predicted octanol–water partition coefficient (Wildman–Crippen LogP) is 4.03. The van der Waals surface area contributed by atoms with E-state index in [-0.39, 0.29) is 0 Å². The minimum absolute atomic E-state index is 1.13. The van der Waals surface area contributed by atoms with E-state index in [4.69, 9.17) is 5.41 Å². The van der Waals surface area contributed by atoms with Crippen molar-refractivity contribution in [3.63, 3.8) is 0 Å². The first-order valence-electron chi connectivity index (χ1n) is 5.01. The van der Waals surface area contributed by atoms with Crippen LogP contribution < -0.4 is 0 Å². The summed E-state index contributed by atoms with van der Waals surface area (Å²) < 4.78 is 0. The lowest BCUT2D eigenvalue weighted by Crippen LogP contribution is -1.83. The number of rotatable bonds is 10. The summed E-state index contributed by atoms with van der Waals surface area (Å²) in [5, 5.41) is 6.83. The summed E-state index contributed by atoms with van der Waals surface area (Å²) in [6, 6.07) is 0. The second-order valence-corrected chi connectivity index (χ2v) is 5.07. The van der Waals surface area contributed by atoms with Gasteiger partial charge in [-0.15, -0.1) is 11.8 Å². The maximum atomic E-state index is 6.83. The highest BCUT2D eigenvalue weighted by Crippen LogP contribution is 2.09. The van der Waals surface area contributed by atoms with Crippen molar-refractivity contribution in [3.8, 4) is 0 Å².